The van der Waals surface area contributed by atoms with Crippen molar-refractivity contribution in [3.8, 4) is 0 Å². The molecule has 1 saturated heterocycles. The largest absolute Gasteiger partial charge is 0.468 e. The number of likely N-dealkylation sites (tertiary alicyclic amines) is 1. The summed E-state index contributed by atoms with van der Waals surface area (Å²) in [5.41, 5.74) is -0.0365. The lowest BCUT2D eigenvalue weighted by Gasteiger charge is -2.24. The van der Waals surface area contributed by atoms with Gasteiger partial charge in [-0.1, -0.05) is 13.8 Å². The Bertz CT molecular complexity index is 547. The Morgan fingerprint density at radius 3 is 2.75 bits per heavy atom. The van der Waals surface area contributed by atoms with Crippen LogP contribution in [-0.4, -0.2) is 35.4 Å². The summed E-state index contributed by atoms with van der Waals surface area (Å²) in [5.74, 6) is -1.01. The predicted molar refractivity (Wildman–Crippen MR) is 68.8 cm³/mol. The molecule has 1 amide bonds. The van der Waals surface area contributed by atoms with E-state index in [1.54, 1.807) is 19.9 Å². The number of fused-ring (bicyclic) bond motifs is 1. The molecule has 1 aliphatic carbocycles. The second-order valence-corrected chi connectivity index (χ2v) is 5.45. The molecule has 1 atom stereocenters. The third-order valence-electron chi connectivity index (χ3n) is 3.95. The number of hydrogen-bond acceptors (Lipinski definition) is 5. The topological polar surface area (TPSA) is 89.8 Å². The number of carbonyl (C=O) groups excluding carboxylic acids is 2. The van der Waals surface area contributed by atoms with E-state index in [1.807, 2.05) is 0 Å². The number of ether oxygens (including phenoxy) is 1. The molecule has 0 aromatic rings. The van der Waals surface area contributed by atoms with Crippen LogP contribution in [-0.2, 0) is 14.3 Å². The average Bonchev–Trinajstić information content (AvgIpc) is 2.59. The zero-order valence-corrected chi connectivity index (χ0v) is 11.6. The minimum atomic E-state index is -0.768. The van der Waals surface area contributed by atoms with E-state index < -0.39 is 16.3 Å². The van der Waals surface area contributed by atoms with Gasteiger partial charge in [0.05, 0.1) is 17.4 Å². The van der Waals surface area contributed by atoms with Gasteiger partial charge in [-0.2, -0.15) is 0 Å². The highest BCUT2D eigenvalue weighted by atomic mass is 16.6. The Balaban J connectivity index is 2.37. The van der Waals surface area contributed by atoms with Crippen LogP contribution in [0.3, 0.4) is 0 Å². The van der Waals surface area contributed by atoms with Crippen LogP contribution in [0.15, 0.2) is 23.5 Å². The molecule has 20 heavy (non-hydrogen) atoms. The van der Waals surface area contributed by atoms with Gasteiger partial charge in [0.15, 0.2) is 0 Å². The van der Waals surface area contributed by atoms with Gasteiger partial charge in [-0.25, -0.2) is 0 Å². The first-order chi connectivity index (χ1) is 9.28. The maximum absolute atomic E-state index is 12.4. The molecule has 0 radical (unpaired) electrons. The predicted octanol–water partition coefficient (Wildman–Crippen LogP) is 1.09. The maximum atomic E-state index is 12.4. The lowest BCUT2D eigenvalue weighted by Crippen LogP contribution is -2.35. The SMILES string of the molecule is COC(=O)CN1C(=O)C(C)(C)C2CC([N+](=O)[O-])=CC=C21. The lowest BCUT2D eigenvalue weighted by atomic mass is 9.76. The van der Waals surface area contributed by atoms with Crippen LogP contribution >= 0.6 is 0 Å². The number of amides is 1. The normalized spacial score (nSPS) is 23.9. The van der Waals surface area contributed by atoms with Gasteiger partial charge in [0.25, 0.3) is 0 Å². The van der Waals surface area contributed by atoms with Crippen LogP contribution in [0.25, 0.3) is 0 Å². The summed E-state index contributed by atoms with van der Waals surface area (Å²) < 4.78 is 4.58. The van der Waals surface area contributed by atoms with Gasteiger partial charge in [0.1, 0.15) is 6.54 Å². The van der Waals surface area contributed by atoms with Crippen LogP contribution in [0.2, 0.25) is 0 Å². The van der Waals surface area contributed by atoms with Crippen molar-refractivity contribution in [1.29, 1.82) is 0 Å². The Morgan fingerprint density at radius 2 is 2.20 bits per heavy atom. The van der Waals surface area contributed by atoms with E-state index in [0.717, 1.165) is 0 Å². The van der Waals surface area contributed by atoms with Crippen molar-refractivity contribution in [3.63, 3.8) is 0 Å². The first kappa shape index (κ1) is 14.2. The molecule has 2 aliphatic rings. The molecule has 0 bridgehead atoms. The molecule has 108 valence electrons. The van der Waals surface area contributed by atoms with Crippen molar-refractivity contribution < 1.29 is 19.2 Å². The van der Waals surface area contributed by atoms with Crippen molar-refractivity contribution in [1.82, 2.24) is 4.90 Å². The van der Waals surface area contributed by atoms with Crippen LogP contribution in [0.1, 0.15) is 20.3 Å². The second kappa shape index (κ2) is 4.73. The Hall–Kier alpha value is -2.18. The summed E-state index contributed by atoms with van der Waals surface area (Å²) in [7, 11) is 1.26. The van der Waals surface area contributed by atoms with Gasteiger partial charge >= 0.3 is 5.97 Å². The molecular formula is C13H16N2O5. The molecule has 2 rings (SSSR count). The Kier molecular flexibility index (Phi) is 3.37. The summed E-state index contributed by atoms with van der Waals surface area (Å²) >= 11 is 0. The molecule has 0 N–H and O–H groups in total. The maximum Gasteiger partial charge on any atom is 0.325 e. The molecule has 0 aromatic heterocycles. The average molecular weight is 280 g/mol. The molecule has 1 aliphatic heterocycles. The van der Waals surface area contributed by atoms with E-state index in [9.17, 15) is 19.7 Å². The van der Waals surface area contributed by atoms with E-state index in [4.69, 9.17) is 0 Å². The number of allylic oxidation sites excluding steroid dienone is 4. The van der Waals surface area contributed by atoms with Gasteiger partial charge in [-0.3, -0.25) is 19.7 Å². The number of carbonyl (C=O) groups is 2. The Labute approximate surface area is 116 Å². The third-order valence-corrected chi connectivity index (χ3v) is 3.95. The summed E-state index contributed by atoms with van der Waals surface area (Å²) in [5, 5.41) is 10.9. The van der Waals surface area contributed by atoms with Crippen LogP contribution in [0.4, 0.5) is 0 Å². The zero-order valence-electron chi connectivity index (χ0n) is 11.6. The molecule has 1 heterocycles. The van der Waals surface area contributed by atoms with Crippen molar-refractivity contribution in [2.24, 2.45) is 11.3 Å². The van der Waals surface area contributed by atoms with E-state index in [1.165, 1.54) is 18.1 Å². The summed E-state index contributed by atoms with van der Waals surface area (Å²) in [4.78, 5) is 35.6. The fourth-order valence-corrected chi connectivity index (χ4v) is 2.69. The molecule has 0 spiro atoms. The number of rotatable bonds is 3. The number of nitro groups is 1. The lowest BCUT2D eigenvalue weighted by molar-refractivity contribution is -0.429. The summed E-state index contributed by atoms with van der Waals surface area (Å²) in [6.07, 6.45) is 3.14. The standard InChI is InChI=1S/C13H16N2O5/c1-13(2)9-6-8(15(18)19)4-5-10(9)14(12(13)17)7-11(16)20-3/h4-5,9H,6-7H2,1-3H3. The highest BCUT2D eigenvalue weighted by molar-refractivity contribution is 5.91. The van der Waals surface area contributed by atoms with Crippen molar-refractivity contribution in [3.05, 3.63) is 33.7 Å². The highest BCUT2D eigenvalue weighted by Crippen LogP contribution is 2.48. The number of esters is 1. The first-order valence-electron chi connectivity index (χ1n) is 6.23. The van der Waals surface area contributed by atoms with Crippen LogP contribution < -0.4 is 0 Å². The fourth-order valence-electron chi connectivity index (χ4n) is 2.69. The third kappa shape index (κ3) is 2.09. The molecule has 1 fully saturated rings. The van der Waals surface area contributed by atoms with Crippen molar-refractivity contribution >= 4 is 11.9 Å². The summed E-state index contributed by atoms with van der Waals surface area (Å²) in [6.45, 7) is 3.32. The monoisotopic (exact) mass is 280 g/mol. The molecule has 7 heteroatoms. The van der Waals surface area contributed by atoms with Gasteiger partial charge in [0.2, 0.25) is 11.6 Å². The first-order valence-corrected chi connectivity index (χ1v) is 6.23. The van der Waals surface area contributed by atoms with Gasteiger partial charge < -0.3 is 9.64 Å². The Morgan fingerprint density at radius 1 is 1.55 bits per heavy atom. The van der Waals surface area contributed by atoms with E-state index in [0.29, 0.717) is 5.70 Å². The summed E-state index contributed by atoms with van der Waals surface area (Å²) in [6, 6.07) is 0. The molecule has 1 unspecified atom stereocenters. The van der Waals surface area contributed by atoms with E-state index in [-0.39, 0.29) is 30.5 Å². The minimum Gasteiger partial charge on any atom is -0.468 e. The zero-order chi connectivity index (χ0) is 15.1. The van der Waals surface area contributed by atoms with Crippen molar-refractivity contribution in [2.75, 3.05) is 13.7 Å². The molecule has 7 nitrogen and oxygen atoms in total. The number of nitrogens with zero attached hydrogens (tertiary/aromatic N) is 2. The van der Waals surface area contributed by atoms with E-state index in [2.05, 4.69) is 4.74 Å². The second-order valence-electron chi connectivity index (χ2n) is 5.45. The minimum absolute atomic E-state index is 0.0829. The van der Waals surface area contributed by atoms with Crippen LogP contribution in [0.5, 0.6) is 0 Å². The van der Waals surface area contributed by atoms with Gasteiger partial charge in [0, 0.05) is 24.1 Å². The molecule has 0 saturated carbocycles. The highest BCUT2D eigenvalue weighted by Gasteiger charge is 2.52. The number of methoxy groups -OCH3 is 1. The molecular weight excluding hydrogens is 264 g/mol. The van der Waals surface area contributed by atoms with Gasteiger partial charge in [-0.05, 0) is 6.08 Å². The van der Waals surface area contributed by atoms with Gasteiger partial charge in [-0.15, -0.1) is 0 Å². The fraction of sp³-hybridized carbons (Fsp3) is 0.538. The molecule has 0 aromatic carbocycles. The van der Waals surface area contributed by atoms with Crippen LogP contribution in [0, 0.1) is 21.4 Å². The number of hydrogen-bond donors (Lipinski definition) is 0. The smallest absolute Gasteiger partial charge is 0.325 e. The van der Waals surface area contributed by atoms with Crippen molar-refractivity contribution in [2.45, 2.75) is 20.3 Å². The van der Waals surface area contributed by atoms with E-state index >= 15 is 0 Å². The quantitative estimate of drug-likeness (QED) is 0.438.